The molecule has 2 fully saturated rings. The lowest BCUT2D eigenvalue weighted by Crippen LogP contribution is -2.50. The largest absolute Gasteiger partial charge is 0.391 e. The van der Waals surface area contributed by atoms with Gasteiger partial charge in [0.2, 0.25) is 11.8 Å². The van der Waals surface area contributed by atoms with E-state index in [0.29, 0.717) is 12.8 Å². The molecule has 2 amide bonds. The molecule has 114 valence electrons. The van der Waals surface area contributed by atoms with E-state index in [4.69, 9.17) is 0 Å². The van der Waals surface area contributed by atoms with E-state index in [1.54, 1.807) is 0 Å². The predicted molar refractivity (Wildman–Crippen MR) is 76.9 cm³/mol. The molecule has 1 aliphatic heterocycles. The van der Waals surface area contributed by atoms with E-state index in [1.807, 2.05) is 13.8 Å². The zero-order valence-corrected chi connectivity index (χ0v) is 12.7. The number of piperidine rings is 1. The van der Waals surface area contributed by atoms with Crippen molar-refractivity contribution in [2.24, 2.45) is 11.3 Å². The van der Waals surface area contributed by atoms with Gasteiger partial charge in [0, 0.05) is 12.8 Å². The lowest BCUT2D eigenvalue weighted by atomic mass is 9.76. The van der Waals surface area contributed by atoms with E-state index in [2.05, 4.69) is 0 Å². The Bertz CT molecular complexity index is 350. The summed E-state index contributed by atoms with van der Waals surface area (Å²) < 4.78 is 0. The number of imide groups is 1. The Balaban J connectivity index is 1.99. The Hall–Kier alpha value is -0.900. The molecule has 0 aromatic carbocycles. The second-order valence-corrected chi connectivity index (χ2v) is 6.60. The van der Waals surface area contributed by atoms with Crippen LogP contribution in [0.2, 0.25) is 0 Å². The molecule has 2 rings (SSSR count). The van der Waals surface area contributed by atoms with Crippen LogP contribution in [0.15, 0.2) is 0 Å². The summed E-state index contributed by atoms with van der Waals surface area (Å²) in [7, 11) is 0. The fourth-order valence-electron chi connectivity index (χ4n) is 3.89. The summed E-state index contributed by atoms with van der Waals surface area (Å²) in [6.45, 7) is 4.25. The Labute approximate surface area is 121 Å². The first-order valence-electron chi connectivity index (χ1n) is 8.02. The van der Waals surface area contributed by atoms with Gasteiger partial charge >= 0.3 is 0 Å². The molecule has 1 spiro atoms. The first-order valence-corrected chi connectivity index (χ1v) is 8.02. The highest BCUT2D eigenvalue weighted by molar-refractivity contribution is 5.98. The number of aliphatic hydroxyl groups excluding tert-OH is 1. The first-order chi connectivity index (χ1) is 9.51. The van der Waals surface area contributed by atoms with Gasteiger partial charge in [0.15, 0.2) is 0 Å². The number of rotatable bonds is 5. The molecule has 0 bridgehead atoms. The van der Waals surface area contributed by atoms with Gasteiger partial charge in [-0.15, -0.1) is 0 Å². The summed E-state index contributed by atoms with van der Waals surface area (Å²) in [6.07, 6.45) is 6.43. The molecule has 0 radical (unpaired) electrons. The van der Waals surface area contributed by atoms with E-state index in [-0.39, 0.29) is 29.7 Å². The Morgan fingerprint density at radius 2 is 1.60 bits per heavy atom. The molecular weight excluding hydrogens is 254 g/mol. The molecule has 1 atom stereocenters. The van der Waals surface area contributed by atoms with Gasteiger partial charge in [0.25, 0.3) is 0 Å². The molecule has 1 aliphatic carbocycles. The number of likely N-dealkylation sites (tertiary alicyclic amines) is 1. The minimum atomic E-state index is -0.587. The Kier molecular flexibility index (Phi) is 4.84. The number of nitrogens with zero attached hydrogens (tertiary/aromatic N) is 1. The average Bonchev–Trinajstić information content (AvgIpc) is 2.83. The molecule has 0 aromatic heterocycles. The van der Waals surface area contributed by atoms with Gasteiger partial charge in [0.1, 0.15) is 0 Å². The van der Waals surface area contributed by atoms with E-state index < -0.39 is 6.10 Å². The normalized spacial score (nSPS) is 23.9. The number of carbonyl (C=O) groups excluding carboxylic acids is 2. The van der Waals surface area contributed by atoms with Crippen LogP contribution in [0.3, 0.4) is 0 Å². The van der Waals surface area contributed by atoms with Crippen LogP contribution in [0.1, 0.15) is 65.2 Å². The topological polar surface area (TPSA) is 57.6 Å². The zero-order chi connectivity index (χ0) is 14.8. The molecule has 1 heterocycles. The molecule has 2 aliphatic rings. The highest BCUT2D eigenvalue weighted by atomic mass is 16.3. The van der Waals surface area contributed by atoms with E-state index in [0.717, 1.165) is 38.5 Å². The summed E-state index contributed by atoms with van der Waals surface area (Å²) in [4.78, 5) is 25.9. The van der Waals surface area contributed by atoms with Crippen molar-refractivity contribution in [2.75, 3.05) is 6.54 Å². The summed E-state index contributed by atoms with van der Waals surface area (Å²) in [5.41, 5.74) is -0.0511. The summed E-state index contributed by atoms with van der Waals surface area (Å²) in [5, 5.41) is 10.2. The first kappa shape index (κ1) is 15.5. The van der Waals surface area contributed by atoms with Gasteiger partial charge in [-0.25, -0.2) is 0 Å². The zero-order valence-electron chi connectivity index (χ0n) is 12.7. The summed E-state index contributed by atoms with van der Waals surface area (Å²) in [5.74, 6) is 0.0132. The summed E-state index contributed by atoms with van der Waals surface area (Å²) >= 11 is 0. The van der Waals surface area contributed by atoms with Crippen molar-refractivity contribution in [1.29, 1.82) is 0 Å². The lowest BCUT2D eigenvalue weighted by molar-refractivity contribution is -0.155. The molecule has 20 heavy (non-hydrogen) atoms. The van der Waals surface area contributed by atoms with Gasteiger partial charge in [0.05, 0.1) is 12.6 Å². The fraction of sp³-hybridized carbons (Fsp3) is 0.875. The number of β-amino-alcohol motifs (C(OH)–C–C–N with tert-alkyl or cyclic N) is 1. The van der Waals surface area contributed by atoms with Crippen LogP contribution in [0.4, 0.5) is 0 Å². The number of aliphatic hydroxyl groups is 1. The van der Waals surface area contributed by atoms with E-state index in [1.165, 1.54) is 4.90 Å². The Morgan fingerprint density at radius 1 is 1.10 bits per heavy atom. The maximum atomic E-state index is 12.3. The van der Waals surface area contributed by atoms with Crippen LogP contribution >= 0.6 is 0 Å². The molecule has 0 aromatic rings. The number of amides is 2. The quantitative estimate of drug-likeness (QED) is 0.788. The SMILES string of the molecule is CCC(CC)C(O)CN1C(=O)CC2(CCCC2)CC1=O. The predicted octanol–water partition coefficient (Wildman–Crippen LogP) is 2.49. The van der Waals surface area contributed by atoms with Crippen LogP contribution in [0.25, 0.3) is 0 Å². The van der Waals surface area contributed by atoms with Crippen molar-refractivity contribution in [3.63, 3.8) is 0 Å². The van der Waals surface area contributed by atoms with E-state index in [9.17, 15) is 14.7 Å². The molecule has 1 saturated heterocycles. The minimum Gasteiger partial charge on any atom is -0.391 e. The van der Waals surface area contributed by atoms with Gasteiger partial charge in [-0.3, -0.25) is 14.5 Å². The third kappa shape index (κ3) is 3.05. The van der Waals surface area contributed by atoms with Gasteiger partial charge in [-0.2, -0.15) is 0 Å². The second kappa shape index (κ2) is 6.25. The van der Waals surface area contributed by atoms with Crippen LogP contribution in [0.5, 0.6) is 0 Å². The van der Waals surface area contributed by atoms with Crippen LogP contribution in [-0.2, 0) is 9.59 Å². The fourth-order valence-corrected chi connectivity index (χ4v) is 3.89. The van der Waals surface area contributed by atoms with E-state index >= 15 is 0 Å². The maximum Gasteiger partial charge on any atom is 0.229 e. The van der Waals surface area contributed by atoms with Crippen molar-refractivity contribution < 1.29 is 14.7 Å². The van der Waals surface area contributed by atoms with Crippen molar-refractivity contribution in [1.82, 2.24) is 4.90 Å². The van der Waals surface area contributed by atoms with Crippen LogP contribution < -0.4 is 0 Å². The number of hydrogen-bond acceptors (Lipinski definition) is 3. The maximum absolute atomic E-state index is 12.3. The smallest absolute Gasteiger partial charge is 0.229 e. The van der Waals surface area contributed by atoms with Crippen LogP contribution in [-0.4, -0.2) is 34.5 Å². The third-order valence-electron chi connectivity index (χ3n) is 5.28. The summed E-state index contributed by atoms with van der Waals surface area (Å²) in [6, 6.07) is 0. The monoisotopic (exact) mass is 281 g/mol. The van der Waals surface area contributed by atoms with Crippen molar-refractivity contribution in [3.8, 4) is 0 Å². The van der Waals surface area contributed by atoms with Crippen molar-refractivity contribution in [3.05, 3.63) is 0 Å². The molecule has 4 heteroatoms. The number of carbonyl (C=O) groups is 2. The molecule has 1 N–H and O–H groups in total. The number of hydrogen-bond donors (Lipinski definition) is 1. The molecule has 1 saturated carbocycles. The van der Waals surface area contributed by atoms with Crippen molar-refractivity contribution >= 4 is 11.8 Å². The highest BCUT2D eigenvalue weighted by Crippen LogP contribution is 2.46. The lowest BCUT2D eigenvalue weighted by Gasteiger charge is -2.38. The highest BCUT2D eigenvalue weighted by Gasteiger charge is 2.45. The molecule has 4 nitrogen and oxygen atoms in total. The van der Waals surface area contributed by atoms with Gasteiger partial charge in [-0.05, 0) is 24.2 Å². The Morgan fingerprint density at radius 3 is 2.05 bits per heavy atom. The minimum absolute atomic E-state index is 0.0511. The van der Waals surface area contributed by atoms with Gasteiger partial charge < -0.3 is 5.11 Å². The van der Waals surface area contributed by atoms with Gasteiger partial charge in [-0.1, -0.05) is 39.5 Å². The van der Waals surface area contributed by atoms with Crippen LogP contribution in [0, 0.1) is 11.3 Å². The third-order valence-corrected chi connectivity index (χ3v) is 5.28. The molecular formula is C16H27NO3. The average molecular weight is 281 g/mol. The standard InChI is InChI=1S/C16H27NO3/c1-3-12(4-2)13(18)11-17-14(19)9-16(10-15(17)20)7-5-6-8-16/h12-13,18H,3-11H2,1-2H3. The second-order valence-electron chi connectivity index (χ2n) is 6.60. The van der Waals surface area contributed by atoms with Crippen molar-refractivity contribution in [2.45, 2.75) is 71.3 Å². The molecule has 1 unspecified atom stereocenters.